The van der Waals surface area contributed by atoms with Crippen LogP contribution in [0.25, 0.3) is 0 Å². The van der Waals surface area contributed by atoms with Gasteiger partial charge in [0.15, 0.2) is 5.96 Å². The van der Waals surface area contributed by atoms with Crippen LogP contribution in [0.1, 0.15) is 19.3 Å². The topological polar surface area (TPSA) is 60.0 Å². The van der Waals surface area contributed by atoms with Crippen molar-refractivity contribution in [1.29, 1.82) is 0 Å². The third kappa shape index (κ3) is 4.73. The summed E-state index contributed by atoms with van der Waals surface area (Å²) < 4.78 is 0. The minimum atomic E-state index is 0.326. The highest BCUT2D eigenvalue weighted by atomic mass is 16.2. The van der Waals surface area contributed by atoms with Crippen molar-refractivity contribution in [2.24, 2.45) is 10.9 Å². The van der Waals surface area contributed by atoms with Gasteiger partial charge in [0.1, 0.15) is 0 Å². The van der Waals surface area contributed by atoms with Crippen LogP contribution >= 0.6 is 0 Å². The monoisotopic (exact) mass is 307 g/mol. The molecule has 0 aromatic rings. The van der Waals surface area contributed by atoms with Crippen molar-refractivity contribution >= 4 is 11.9 Å². The Morgan fingerprint density at radius 3 is 2.55 bits per heavy atom. The van der Waals surface area contributed by atoms with E-state index in [0.29, 0.717) is 18.4 Å². The molecule has 2 rings (SSSR count). The maximum Gasteiger partial charge on any atom is 0.225 e. The minimum Gasteiger partial charge on any atom is -0.355 e. The van der Waals surface area contributed by atoms with Gasteiger partial charge in [0.25, 0.3) is 0 Å². The Kier molecular flexibility index (Phi) is 6.71. The first-order valence-corrected chi connectivity index (χ1v) is 8.31. The van der Waals surface area contributed by atoms with Crippen LogP contribution in [-0.4, -0.2) is 74.5 Å². The number of nitrogens with zero attached hydrogens (tertiary/aromatic N) is 3. The van der Waals surface area contributed by atoms with Crippen LogP contribution in [-0.2, 0) is 4.79 Å². The van der Waals surface area contributed by atoms with Crippen molar-refractivity contribution in [1.82, 2.24) is 20.4 Å². The number of piperazine rings is 1. The summed E-state index contributed by atoms with van der Waals surface area (Å²) in [5.74, 6) is 1.52. The molecule has 0 aromatic heterocycles. The molecule has 0 atom stereocenters. The first kappa shape index (κ1) is 16.8. The number of carbonyl (C=O) groups excluding carboxylic acids is 1. The first-order valence-electron chi connectivity index (χ1n) is 8.31. The fraction of sp³-hybridized carbons (Fsp3) is 0.750. The van der Waals surface area contributed by atoms with Crippen molar-refractivity contribution in [3.63, 3.8) is 0 Å². The third-order valence-corrected chi connectivity index (χ3v) is 4.50. The summed E-state index contributed by atoms with van der Waals surface area (Å²) in [6.07, 6.45) is 5.23. The second-order valence-electron chi connectivity index (χ2n) is 5.96. The predicted molar refractivity (Wildman–Crippen MR) is 89.9 cm³/mol. The van der Waals surface area contributed by atoms with Crippen LogP contribution in [0.3, 0.4) is 0 Å². The van der Waals surface area contributed by atoms with Crippen LogP contribution in [0.15, 0.2) is 17.6 Å². The van der Waals surface area contributed by atoms with Crippen molar-refractivity contribution in [2.75, 3.05) is 52.9 Å². The van der Waals surface area contributed by atoms with E-state index in [1.807, 2.05) is 6.08 Å². The molecular formula is C16H29N5O. The molecule has 0 radical (unpaired) electrons. The highest BCUT2D eigenvalue weighted by Gasteiger charge is 2.30. The Balaban J connectivity index is 1.60. The van der Waals surface area contributed by atoms with Gasteiger partial charge < -0.3 is 15.5 Å². The maximum atomic E-state index is 12.2. The van der Waals surface area contributed by atoms with E-state index in [2.05, 4.69) is 32.0 Å². The number of guanidine groups is 1. The zero-order valence-corrected chi connectivity index (χ0v) is 13.7. The van der Waals surface area contributed by atoms with Gasteiger partial charge in [-0.2, -0.15) is 0 Å². The van der Waals surface area contributed by atoms with E-state index in [1.54, 1.807) is 7.05 Å². The lowest BCUT2D eigenvalue weighted by Crippen LogP contribution is -2.52. The quantitative estimate of drug-likeness (QED) is 0.420. The fourth-order valence-electron chi connectivity index (χ4n) is 2.83. The van der Waals surface area contributed by atoms with Gasteiger partial charge in [0.2, 0.25) is 5.91 Å². The van der Waals surface area contributed by atoms with Crippen molar-refractivity contribution < 1.29 is 4.79 Å². The van der Waals surface area contributed by atoms with E-state index in [1.165, 1.54) is 6.42 Å². The van der Waals surface area contributed by atoms with Crippen LogP contribution in [0.5, 0.6) is 0 Å². The Hall–Kier alpha value is -1.56. The second-order valence-corrected chi connectivity index (χ2v) is 5.96. The molecule has 124 valence electrons. The first-order chi connectivity index (χ1) is 10.7. The Labute approximate surface area is 133 Å². The predicted octanol–water partition coefficient (Wildman–Crippen LogP) is 0.282. The van der Waals surface area contributed by atoms with E-state index in [-0.39, 0.29) is 0 Å². The SMILES string of the molecule is C=CCNC(=NC)NCCN1CCN(C(=O)C2CCC2)CC1. The lowest BCUT2D eigenvalue weighted by atomic mass is 9.84. The lowest BCUT2D eigenvalue weighted by Gasteiger charge is -2.38. The minimum absolute atomic E-state index is 0.326. The molecule has 2 fully saturated rings. The molecular weight excluding hydrogens is 278 g/mol. The molecule has 0 unspecified atom stereocenters. The molecule has 2 aliphatic rings. The summed E-state index contributed by atoms with van der Waals surface area (Å²) in [7, 11) is 1.77. The molecule has 1 aliphatic heterocycles. The number of hydrogen-bond acceptors (Lipinski definition) is 3. The van der Waals surface area contributed by atoms with Gasteiger partial charge in [-0.15, -0.1) is 6.58 Å². The molecule has 0 aromatic carbocycles. The zero-order valence-electron chi connectivity index (χ0n) is 13.7. The summed E-state index contributed by atoms with van der Waals surface area (Å²) in [6.45, 7) is 9.91. The highest BCUT2D eigenvalue weighted by Crippen LogP contribution is 2.28. The Bertz CT molecular complexity index is 397. The van der Waals surface area contributed by atoms with Crippen LogP contribution in [0.4, 0.5) is 0 Å². The molecule has 1 heterocycles. The average molecular weight is 307 g/mol. The Morgan fingerprint density at radius 2 is 2.00 bits per heavy atom. The zero-order chi connectivity index (χ0) is 15.8. The van der Waals surface area contributed by atoms with Gasteiger partial charge in [-0.25, -0.2) is 0 Å². The van der Waals surface area contributed by atoms with Crippen molar-refractivity contribution in [3.05, 3.63) is 12.7 Å². The summed E-state index contributed by atoms with van der Waals surface area (Å²) in [6, 6.07) is 0. The normalized spacial score (nSPS) is 20.4. The van der Waals surface area contributed by atoms with E-state index >= 15 is 0 Å². The number of amides is 1. The van der Waals surface area contributed by atoms with Crippen LogP contribution < -0.4 is 10.6 Å². The second kappa shape index (κ2) is 8.78. The van der Waals surface area contributed by atoms with Crippen LogP contribution in [0.2, 0.25) is 0 Å². The molecule has 1 aliphatic carbocycles. The van der Waals surface area contributed by atoms with Gasteiger partial charge >= 0.3 is 0 Å². The number of hydrogen-bond donors (Lipinski definition) is 2. The standard InChI is InChI=1S/C16H29N5O/c1-3-7-18-16(17-2)19-8-9-20-10-12-21(13-11-20)15(22)14-5-4-6-14/h3,14H,1,4-13H2,2H3,(H2,17,18,19). The van der Waals surface area contributed by atoms with E-state index in [0.717, 1.165) is 58.1 Å². The molecule has 6 nitrogen and oxygen atoms in total. The lowest BCUT2D eigenvalue weighted by molar-refractivity contribution is -0.139. The van der Waals surface area contributed by atoms with Gasteiger partial charge in [-0.1, -0.05) is 12.5 Å². The van der Waals surface area contributed by atoms with Gasteiger partial charge in [-0.3, -0.25) is 14.7 Å². The molecule has 1 amide bonds. The number of aliphatic imine (C=N–C) groups is 1. The molecule has 0 bridgehead atoms. The van der Waals surface area contributed by atoms with E-state index in [4.69, 9.17) is 0 Å². The third-order valence-electron chi connectivity index (χ3n) is 4.50. The molecule has 1 saturated heterocycles. The Morgan fingerprint density at radius 1 is 1.27 bits per heavy atom. The van der Waals surface area contributed by atoms with Gasteiger partial charge in [0.05, 0.1) is 0 Å². The molecule has 2 N–H and O–H groups in total. The highest BCUT2D eigenvalue weighted by molar-refractivity contribution is 5.80. The number of rotatable bonds is 6. The number of carbonyl (C=O) groups is 1. The van der Waals surface area contributed by atoms with Gasteiger partial charge in [-0.05, 0) is 12.8 Å². The van der Waals surface area contributed by atoms with Crippen LogP contribution in [0, 0.1) is 5.92 Å². The maximum absolute atomic E-state index is 12.2. The molecule has 22 heavy (non-hydrogen) atoms. The fourth-order valence-corrected chi connectivity index (χ4v) is 2.83. The summed E-state index contributed by atoms with van der Waals surface area (Å²) >= 11 is 0. The average Bonchev–Trinajstić information content (AvgIpc) is 2.49. The number of nitrogens with one attached hydrogen (secondary N) is 2. The molecule has 6 heteroatoms. The summed E-state index contributed by atoms with van der Waals surface area (Å²) in [5, 5.41) is 6.44. The van der Waals surface area contributed by atoms with Gasteiger partial charge in [0, 0.05) is 58.8 Å². The largest absolute Gasteiger partial charge is 0.355 e. The summed E-state index contributed by atoms with van der Waals surface area (Å²) in [4.78, 5) is 20.8. The smallest absolute Gasteiger partial charge is 0.225 e. The van der Waals surface area contributed by atoms with Crippen molar-refractivity contribution in [3.8, 4) is 0 Å². The van der Waals surface area contributed by atoms with E-state index in [9.17, 15) is 4.79 Å². The van der Waals surface area contributed by atoms with E-state index < -0.39 is 0 Å². The molecule has 0 spiro atoms. The molecule has 1 saturated carbocycles. The summed E-state index contributed by atoms with van der Waals surface area (Å²) in [5.41, 5.74) is 0. The van der Waals surface area contributed by atoms with Crippen molar-refractivity contribution in [2.45, 2.75) is 19.3 Å².